The highest BCUT2D eigenvalue weighted by atomic mass is 79.9. The molecule has 0 radical (unpaired) electrons. The van der Waals surface area contributed by atoms with Crippen molar-refractivity contribution >= 4 is 44.5 Å². The van der Waals surface area contributed by atoms with Crippen molar-refractivity contribution in [3.05, 3.63) is 49.8 Å². The van der Waals surface area contributed by atoms with Gasteiger partial charge in [-0.2, -0.15) is 10.1 Å². The van der Waals surface area contributed by atoms with Gasteiger partial charge in [-0.15, -0.1) is 0 Å². The molecule has 3 rings (SSSR count). The molecular weight excluding hydrogens is 406 g/mol. The van der Waals surface area contributed by atoms with E-state index in [1.54, 1.807) is 10.9 Å². The molecule has 3 aromatic rings. The van der Waals surface area contributed by atoms with Gasteiger partial charge in [-0.3, -0.25) is 9.78 Å². The Kier molecular flexibility index (Phi) is 4.88. The van der Waals surface area contributed by atoms with Crippen LogP contribution >= 0.6 is 27.5 Å². The molecule has 0 fully saturated rings. The Balaban J connectivity index is 1.82. The normalized spacial score (nSPS) is 11.9. The van der Waals surface area contributed by atoms with E-state index >= 15 is 0 Å². The lowest BCUT2D eigenvalue weighted by atomic mass is 10.1. The highest BCUT2D eigenvalue weighted by Gasteiger charge is 2.19. The summed E-state index contributed by atoms with van der Waals surface area (Å²) in [6.45, 7) is 6.67. The fraction of sp³-hybridized carbons (Fsp3) is 0.353. The van der Waals surface area contributed by atoms with E-state index < -0.39 is 0 Å². The first-order valence-electron chi connectivity index (χ1n) is 7.92. The van der Waals surface area contributed by atoms with E-state index in [9.17, 15) is 4.79 Å². The Bertz CT molecular complexity index is 973. The third kappa shape index (κ3) is 3.88. The van der Waals surface area contributed by atoms with Gasteiger partial charge in [-0.25, -0.2) is 4.68 Å². The van der Waals surface area contributed by atoms with Gasteiger partial charge in [-0.05, 0) is 51.0 Å². The number of nitrogens with zero attached hydrogens (tertiary/aromatic N) is 3. The van der Waals surface area contributed by atoms with Crippen LogP contribution < -0.4 is 10.9 Å². The van der Waals surface area contributed by atoms with Gasteiger partial charge in [0.15, 0.2) is 5.65 Å². The van der Waals surface area contributed by atoms with Gasteiger partial charge in [0, 0.05) is 16.0 Å². The minimum atomic E-state index is -0.258. The molecule has 2 aromatic heterocycles. The van der Waals surface area contributed by atoms with Crippen LogP contribution in [0.1, 0.15) is 26.3 Å². The predicted molar refractivity (Wildman–Crippen MR) is 104 cm³/mol. The molecule has 0 bridgehead atoms. The molecule has 0 saturated heterocycles. The van der Waals surface area contributed by atoms with E-state index in [4.69, 9.17) is 11.6 Å². The zero-order chi connectivity index (χ0) is 18.2. The van der Waals surface area contributed by atoms with Crippen LogP contribution in [0, 0.1) is 0 Å². The number of hydrogen-bond acceptors (Lipinski definition) is 4. The van der Waals surface area contributed by atoms with E-state index in [0.29, 0.717) is 28.5 Å². The zero-order valence-electron chi connectivity index (χ0n) is 14.2. The number of benzene rings is 1. The molecule has 132 valence electrons. The Labute approximate surface area is 158 Å². The summed E-state index contributed by atoms with van der Waals surface area (Å²) < 4.78 is 2.76. The third-order valence-electron chi connectivity index (χ3n) is 3.77. The molecule has 1 aromatic carbocycles. The summed E-state index contributed by atoms with van der Waals surface area (Å²) >= 11 is 9.55. The zero-order valence-corrected chi connectivity index (χ0v) is 16.6. The maximum Gasteiger partial charge on any atom is 0.263 e. The van der Waals surface area contributed by atoms with Crippen LogP contribution in [0.25, 0.3) is 11.0 Å². The molecule has 2 heterocycles. The van der Waals surface area contributed by atoms with Gasteiger partial charge in [0.1, 0.15) is 5.39 Å². The summed E-state index contributed by atoms with van der Waals surface area (Å²) in [7, 11) is 0. The SMILES string of the molecule is CC(C)(C)n1ncc2c(=O)[nH]c(NCCc3cc(Cl)ccc3Br)nc21. The van der Waals surface area contributed by atoms with Crippen molar-refractivity contribution < 1.29 is 0 Å². The highest BCUT2D eigenvalue weighted by molar-refractivity contribution is 9.10. The first-order valence-corrected chi connectivity index (χ1v) is 9.09. The van der Waals surface area contributed by atoms with Crippen LogP contribution in [-0.2, 0) is 12.0 Å². The number of anilines is 1. The number of aromatic nitrogens is 4. The smallest absolute Gasteiger partial charge is 0.263 e. The molecule has 0 spiro atoms. The van der Waals surface area contributed by atoms with Gasteiger partial charge >= 0.3 is 0 Å². The Morgan fingerprint density at radius 3 is 2.84 bits per heavy atom. The van der Waals surface area contributed by atoms with Crippen molar-refractivity contribution in [2.75, 3.05) is 11.9 Å². The molecule has 0 aliphatic carbocycles. The number of rotatable bonds is 4. The third-order valence-corrected chi connectivity index (χ3v) is 4.78. The molecule has 0 atom stereocenters. The molecule has 0 saturated carbocycles. The van der Waals surface area contributed by atoms with Crippen molar-refractivity contribution in [1.82, 2.24) is 19.7 Å². The second kappa shape index (κ2) is 6.80. The van der Waals surface area contributed by atoms with Crippen molar-refractivity contribution in [3.8, 4) is 0 Å². The van der Waals surface area contributed by atoms with Crippen LogP contribution in [0.5, 0.6) is 0 Å². The number of nitrogens with one attached hydrogen (secondary N) is 2. The fourth-order valence-corrected chi connectivity index (χ4v) is 3.18. The van der Waals surface area contributed by atoms with E-state index in [0.717, 1.165) is 16.5 Å². The van der Waals surface area contributed by atoms with E-state index in [1.165, 1.54) is 0 Å². The van der Waals surface area contributed by atoms with Crippen molar-refractivity contribution in [2.24, 2.45) is 0 Å². The first kappa shape index (κ1) is 17.9. The summed E-state index contributed by atoms with van der Waals surface area (Å²) in [5, 5.41) is 8.65. The monoisotopic (exact) mass is 423 g/mol. The van der Waals surface area contributed by atoms with E-state index in [1.807, 2.05) is 39.0 Å². The minimum absolute atomic E-state index is 0.202. The average Bonchev–Trinajstić information content (AvgIpc) is 2.95. The fourth-order valence-electron chi connectivity index (χ4n) is 2.54. The maximum absolute atomic E-state index is 12.3. The van der Waals surface area contributed by atoms with Crippen molar-refractivity contribution in [1.29, 1.82) is 0 Å². The number of fused-ring (bicyclic) bond motifs is 1. The van der Waals surface area contributed by atoms with Crippen LogP contribution in [0.2, 0.25) is 5.02 Å². The molecule has 8 heteroatoms. The van der Waals surface area contributed by atoms with E-state index in [-0.39, 0.29) is 11.1 Å². The minimum Gasteiger partial charge on any atom is -0.355 e. The van der Waals surface area contributed by atoms with Crippen LogP contribution in [0.15, 0.2) is 33.7 Å². The average molecular weight is 425 g/mol. The largest absolute Gasteiger partial charge is 0.355 e. The van der Waals surface area contributed by atoms with E-state index in [2.05, 4.69) is 36.3 Å². The predicted octanol–water partition coefficient (Wildman–Crippen LogP) is 3.95. The topological polar surface area (TPSA) is 75.6 Å². The Hall–Kier alpha value is -1.86. The Morgan fingerprint density at radius 1 is 1.36 bits per heavy atom. The van der Waals surface area contributed by atoms with Crippen molar-refractivity contribution in [2.45, 2.75) is 32.7 Å². The summed E-state index contributed by atoms with van der Waals surface area (Å²) in [5.41, 5.74) is 1.20. The molecule has 0 aliphatic heterocycles. The molecular formula is C17H19BrClN5O. The lowest BCUT2D eigenvalue weighted by molar-refractivity contribution is 0.366. The van der Waals surface area contributed by atoms with Gasteiger partial charge in [0.25, 0.3) is 5.56 Å². The molecule has 2 N–H and O–H groups in total. The standard InChI is InChI=1S/C17H19BrClN5O/c1-17(2,3)24-14-12(9-21-24)15(25)23-16(22-14)20-7-6-10-8-11(19)4-5-13(10)18/h4-5,8-9H,6-7H2,1-3H3,(H2,20,22,23,25). The Morgan fingerprint density at radius 2 is 2.12 bits per heavy atom. The molecule has 25 heavy (non-hydrogen) atoms. The molecule has 0 amide bonds. The number of H-pyrrole nitrogens is 1. The van der Waals surface area contributed by atoms with Crippen LogP contribution in [0.3, 0.4) is 0 Å². The number of aromatic amines is 1. The highest BCUT2D eigenvalue weighted by Crippen LogP contribution is 2.22. The number of halogens is 2. The first-order chi connectivity index (χ1) is 11.8. The van der Waals surface area contributed by atoms with Gasteiger partial charge in [0.05, 0.1) is 11.7 Å². The summed E-state index contributed by atoms with van der Waals surface area (Å²) in [6.07, 6.45) is 2.29. The lowest BCUT2D eigenvalue weighted by Crippen LogP contribution is -2.24. The quantitative estimate of drug-likeness (QED) is 0.665. The van der Waals surface area contributed by atoms with Gasteiger partial charge in [-0.1, -0.05) is 27.5 Å². The molecule has 0 unspecified atom stereocenters. The second-order valence-electron chi connectivity index (χ2n) is 6.79. The summed E-state index contributed by atoms with van der Waals surface area (Å²) in [4.78, 5) is 19.5. The molecule has 0 aliphatic rings. The molecule has 6 nitrogen and oxygen atoms in total. The second-order valence-corrected chi connectivity index (χ2v) is 8.08. The summed E-state index contributed by atoms with van der Waals surface area (Å²) in [6, 6.07) is 5.68. The maximum atomic E-state index is 12.3. The summed E-state index contributed by atoms with van der Waals surface area (Å²) in [5.74, 6) is 0.432. The lowest BCUT2D eigenvalue weighted by Gasteiger charge is -2.19. The van der Waals surface area contributed by atoms with Gasteiger partial charge < -0.3 is 5.32 Å². The van der Waals surface area contributed by atoms with Gasteiger partial charge in [0.2, 0.25) is 5.95 Å². The number of hydrogen-bond donors (Lipinski definition) is 2. The van der Waals surface area contributed by atoms with Crippen LogP contribution in [0.4, 0.5) is 5.95 Å². The van der Waals surface area contributed by atoms with Crippen molar-refractivity contribution in [3.63, 3.8) is 0 Å². The van der Waals surface area contributed by atoms with Crippen LogP contribution in [-0.4, -0.2) is 26.3 Å².